The summed E-state index contributed by atoms with van der Waals surface area (Å²) in [5, 5.41) is 6.42. The quantitative estimate of drug-likeness (QED) is 0.700. The van der Waals surface area contributed by atoms with E-state index in [2.05, 4.69) is 17.6 Å². The van der Waals surface area contributed by atoms with Crippen LogP contribution in [0.25, 0.3) is 0 Å². The van der Waals surface area contributed by atoms with Gasteiger partial charge in [0.05, 0.1) is 0 Å². The van der Waals surface area contributed by atoms with Crippen LogP contribution in [0.5, 0.6) is 0 Å². The topological polar surface area (TPSA) is 24.1 Å². The number of hydrogen-bond donors (Lipinski definition) is 2. The maximum absolute atomic E-state index is 13.4. The second-order valence-electron chi connectivity index (χ2n) is 3.57. The van der Waals surface area contributed by atoms with Crippen molar-refractivity contribution in [2.24, 2.45) is 0 Å². The van der Waals surface area contributed by atoms with E-state index in [1.807, 2.05) is 13.0 Å². The van der Waals surface area contributed by atoms with Gasteiger partial charge in [-0.25, -0.2) is 4.39 Å². The van der Waals surface area contributed by atoms with Crippen LogP contribution in [0, 0.1) is 12.7 Å². The van der Waals surface area contributed by atoms with Gasteiger partial charge in [-0.3, -0.25) is 0 Å². The van der Waals surface area contributed by atoms with Crippen LogP contribution in [0.1, 0.15) is 18.1 Å². The third kappa shape index (κ3) is 3.98. The van der Waals surface area contributed by atoms with Crippen LogP contribution in [-0.2, 0) is 6.54 Å². The van der Waals surface area contributed by atoms with E-state index in [9.17, 15) is 4.39 Å². The lowest BCUT2D eigenvalue weighted by Gasteiger charge is -2.08. The first-order valence-electron chi connectivity index (χ1n) is 5.41. The summed E-state index contributed by atoms with van der Waals surface area (Å²) >= 11 is 0. The molecule has 0 aliphatic rings. The van der Waals surface area contributed by atoms with E-state index in [-0.39, 0.29) is 5.82 Å². The van der Waals surface area contributed by atoms with Gasteiger partial charge < -0.3 is 10.6 Å². The first-order chi connectivity index (χ1) is 7.25. The molecule has 0 aromatic heterocycles. The SMILES string of the molecule is CCNCCNCc1c(C)cccc1F. The van der Waals surface area contributed by atoms with Gasteiger partial charge in [-0.05, 0) is 25.1 Å². The lowest BCUT2D eigenvalue weighted by molar-refractivity contribution is 0.575. The highest BCUT2D eigenvalue weighted by molar-refractivity contribution is 5.27. The van der Waals surface area contributed by atoms with Crippen molar-refractivity contribution >= 4 is 0 Å². The number of likely N-dealkylation sites (N-methyl/N-ethyl adjacent to an activating group) is 1. The van der Waals surface area contributed by atoms with Gasteiger partial charge in [0.15, 0.2) is 0 Å². The third-order valence-corrected chi connectivity index (χ3v) is 2.38. The van der Waals surface area contributed by atoms with Gasteiger partial charge >= 0.3 is 0 Å². The summed E-state index contributed by atoms with van der Waals surface area (Å²) in [5.74, 6) is -0.119. The second-order valence-corrected chi connectivity index (χ2v) is 3.57. The average molecular weight is 210 g/mol. The van der Waals surface area contributed by atoms with Crippen molar-refractivity contribution in [3.8, 4) is 0 Å². The van der Waals surface area contributed by atoms with Crippen LogP contribution < -0.4 is 10.6 Å². The molecule has 0 atom stereocenters. The highest BCUT2D eigenvalue weighted by Crippen LogP contribution is 2.11. The maximum atomic E-state index is 13.4. The molecule has 0 radical (unpaired) electrons. The van der Waals surface area contributed by atoms with Gasteiger partial charge in [-0.2, -0.15) is 0 Å². The standard InChI is InChI=1S/C12H19FN2/c1-3-14-7-8-15-9-11-10(2)5-4-6-12(11)13/h4-6,14-15H,3,7-9H2,1-2H3. The molecule has 0 saturated heterocycles. The van der Waals surface area contributed by atoms with Crippen LogP contribution >= 0.6 is 0 Å². The lowest BCUT2D eigenvalue weighted by Crippen LogP contribution is -2.27. The summed E-state index contributed by atoms with van der Waals surface area (Å²) in [4.78, 5) is 0. The Labute approximate surface area is 90.9 Å². The van der Waals surface area contributed by atoms with Crippen molar-refractivity contribution in [3.63, 3.8) is 0 Å². The Morgan fingerprint density at radius 2 is 1.93 bits per heavy atom. The fourth-order valence-corrected chi connectivity index (χ4v) is 1.46. The number of halogens is 1. The Hall–Kier alpha value is -0.930. The van der Waals surface area contributed by atoms with Crippen LogP contribution in [0.2, 0.25) is 0 Å². The van der Waals surface area contributed by atoms with E-state index in [0.717, 1.165) is 30.8 Å². The van der Waals surface area contributed by atoms with E-state index in [4.69, 9.17) is 0 Å². The molecule has 0 heterocycles. The van der Waals surface area contributed by atoms with Crippen LogP contribution in [0.15, 0.2) is 18.2 Å². The maximum Gasteiger partial charge on any atom is 0.127 e. The molecule has 2 nitrogen and oxygen atoms in total. The molecule has 0 fully saturated rings. The Morgan fingerprint density at radius 3 is 2.60 bits per heavy atom. The molecule has 1 aromatic carbocycles. The highest BCUT2D eigenvalue weighted by Gasteiger charge is 2.03. The molecule has 3 heteroatoms. The Morgan fingerprint density at radius 1 is 1.20 bits per heavy atom. The Kier molecular flexibility index (Phi) is 5.29. The van der Waals surface area contributed by atoms with Crippen molar-refractivity contribution in [3.05, 3.63) is 35.1 Å². The van der Waals surface area contributed by atoms with Gasteiger partial charge in [-0.15, -0.1) is 0 Å². The fraction of sp³-hybridized carbons (Fsp3) is 0.500. The molecule has 0 unspecified atom stereocenters. The van der Waals surface area contributed by atoms with Crippen molar-refractivity contribution in [1.82, 2.24) is 10.6 Å². The predicted molar refractivity (Wildman–Crippen MR) is 61.4 cm³/mol. The summed E-state index contributed by atoms with van der Waals surface area (Å²) in [6.45, 7) is 7.36. The zero-order valence-corrected chi connectivity index (χ0v) is 9.44. The lowest BCUT2D eigenvalue weighted by atomic mass is 10.1. The molecule has 0 aliphatic carbocycles. The molecule has 1 aromatic rings. The summed E-state index contributed by atoms with van der Waals surface area (Å²) in [5.41, 5.74) is 1.78. The van der Waals surface area contributed by atoms with Gasteiger partial charge in [0, 0.05) is 25.2 Å². The number of benzene rings is 1. The minimum Gasteiger partial charge on any atom is -0.316 e. The largest absolute Gasteiger partial charge is 0.316 e. The molecule has 0 aliphatic heterocycles. The van der Waals surface area contributed by atoms with Crippen molar-refractivity contribution in [2.75, 3.05) is 19.6 Å². The zero-order valence-electron chi connectivity index (χ0n) is 9.44. The molecule has 84 valence electrons. The normalized spacial score (nSPS) is 10.6. The summed E-state index contributed by atoms with van der Waals surface area (Å²) < 4.78 is 13.4. The van der Waals surface area contributed by atoms with Gasteiger partial charge in [0.2, 0.25) is 0 Å². The van der Waals surface area contributed by atoms with Gasteiger partial charge in [-0.1, -0.05) is 19.1 Å². The minimum atomic E-state index is -0.119. The van der Waals surface area contributed by atoms with Crippen molar-refractivity contribution < 1.29 is 4.39 Å². The summed E-state index contributed by atoms with van der Waals surface area (Å²) in [6, 6.07) is 5.19. The third-order valence-electron chi connectivity index (χ3n) is 2.38. The van der Waals surface area contributed by atoms with E-state index < -0.39 is 0 Å². The second kappa shape index (κ2) is 6.53. The summed E-state index contributed by atoms with van der Waals surface area (Å²) in [7, 11) is 0. The van der Waals surface area contributed by atoms with Crippen LogP contribution in [-0.4, -0.2) is 19.6 Å². The average Bonchev–Trinajstić information content (AvgIpc) is 2.21. The van der Waals surface area contributed by atoms with Gasteiger partial charge in [0.25, 0.3) is 0 Å². The first-order valence-corrected chi connectivity index (χ1v) is 5.41. The molecule has 15 heavy (non-hydrogen) atoms. The molecule has 2 N–H and O–H groups in total. The number of nitrogens with one attached hydrogen (secondary N) is 2. The highest BCUT2D eigenvalue weighted by atomic mass is 19.1. The minimum absolute atomic E-state index is 0.119. The molecule has 1 rings (SSSR count). The van der Waals surface area contributed by atoms with E-state index in [0.29, 0.717) is 6.54 Å². The number of hydrogen-bond acceptors (Lipinski definition) is 2. The number of rotatable bonds is 6. The van der Waals surface area contributed by atoms with Gasteiger partial charge in [0.1, 0.15) is 5.82 Å². The van der Waals surface area contributed by atoms with Crippen molar-refractivity contribution in [2.45, 2.75) is 20.4 Å². The molecular formula is C12H19FN2. The fourth-order valence-electron chi connectivity index (χ4n) is 1.46. The summed E-state index contributed by atoms with van der Waals surface area (Å²) in [6.07, 6.45) is 0. The molecular weight excluding hydrogens is 191 g/mol. The first kappa shape index (κ1) is 12.1. The molecule has 0 bridgehead atoms. The Balaban J connectivity index is 2.37. The van der Waals surface area contributed by atoms with Crippen LogP contribution in [0.3, 0.4) is 0 Å². The Bertz CT molecular complexity index is 279. The monoisotopic (exact) mass is 210 g/mol. The van der Waals surface area contributed by atoms with E-state index >= 15 is 0 Å². The zero-order chi connectivity index (χ0) is 11.1. The smallest absolute Gasteiger partial charge is 0.127 e. The van der Waals surface area contributed by atoms with E-state index in [1.54, 1.807) is 6.07 Å². The van der Waals surface area contributed by atoms with E-state index in [1.165, 1.54) is 6.07 Å². The molecule has 0 spiro atoms. The van der Waals surface area contributed by atoms with Crippen LogP contribution in [0.4, 0.5) is 4.39 Å². The number of aryl methyl sites for hydroxylation is 1. The predicted octanol–water partition coefficient (Wildman–Crippen LogP) is 1.83. The molecule has 0 saturated carbocycles. The van der Waals surface area contributed by atoms with Crippen molar-refractivity contribution in [1.29, 1.82) is 0 Å². The molecule has 0 amide bonds.